The number of nitrogens with zero attached hydrogens (tertiary/aromatic N) is 4. The van der Waals surface area contributed by atoms with Crippen molar-refractivity contribution in [3.63, 3.8) is 0 Å². The Morgan fingerprint density at radius 3 is 2.90 bits per heavy atom. The summed E-state index contributed by atoms with van der Waals surface area (Å²) in [6.07, 6.45) is 9.31. The van der Waals surface area contributed by atoms with E-state index in [2.05, 4.69) is 27.3 Å². The van der Waals surface area contributed by atoms with Crippen LogP contribution < -0.4 is 10.1 Å². The first-order valence-corrected chi connectivity index (χ1v) is 11.5. The largest absolute Gasteiger partial charge is 0.457 e. The van der Waals surface area contributed by atoms with Crippen LogP contribution in [0.4, 0.5) is 5.13 Å². The molecule has 160 valence electrons. The molecule has 5 rings (SSSR count). The van der Waals surface area contributed by atoms with Crippen molar-refractivity contribution in [2.45, 2.75) is 51.3 Å². The molecule has 0 aliphatic heterocycles. The number of pyridine rings is 1. The van der Waals surface area contributed by atoms with Crippen LogP contribution in [0.15, 0.2) is 48.9 Å². The van der Waals surface area contributed by atoms with Crippen molar-refractivity contribution in [1.29, 1.82) is 0 Å². The van der Waals surface area contributed by atoms with Gasteiger partial charge in [0.2, 0.25) is 0 Å². The van der Waals surface area contributed by atoms with E-state index in [0.717, 1.165) is 70.3 Å². The molecule has 8 heteroatoms. The van der Waals surface area contributed by atoms with Crippen LogP contribution in [0.1, 0.15) is 32.6 Å². The zero-order chi connectivity index (χ0) is 21.2. The van der Waals surface area contributed by atoms with Gasteiger partial charge in [-0.3, -0.25) is 9.67 Å². The van der Waals surface area contributed by atoms with Gasteiger partial charge < -0.3 is 15.2 Å². The minimum atomic E-state index is -0.301. The highest BCUT2D eigenvalue weighted by Crippen LogP contribution is 2.33. The molecule has 1 aliphatic rings. The highest BCUT2D eigenvalue weighted by atomic mass is 32.1. The van der Waals surface area contributed by atoms with E-state index in [1.165, 1.54) is 0 Å². The average Bonchev–Trinajstić information content (AvgIpc) is 3.42. The molecule has 7 nitrogen and oxygen atoms in total. The second kappa shape index (κ2) is 8.64. The normalized spacial score (nSPS) is 18.9. The summed E-state index contributed by atoms with van der Waals surface area (Å²) in [4.78, 5) is 9.12. The van der Waals surface area contributed by atoms with E-state index in [1.807, 2.05) is 47.4 Å². The predicted octanol–water partition coefficient (Wildman–Crippen LogP) is 5.08. The Bertz CT molecular complexity index is 1190. The van der Waals surface area contributed by atoms with Crippen LogP contribution in [0, 0.1) is 0 Å². The second-order valence-electron chi connectivity index (χ2n) is 7.81. The van der Waals surface area contributed by atoms with Gasteiger partial charge in [-0.1, -0.05) is 24.2 Å². The summed E-state index contributed by atoms with van der Waals surface area (Å²) in [5.41, 5.74) is 2.71. The number of fused-ring (bicyclic) bond motifs is 1. The number of hydrogen-bond donors (Lipinski definition) is 2. The number of aliphatic hydroxyl groups is 1. The van der Waals surface area contributed by atoms with Crippen LogP contribution in [0.25, 0.3) is 21.5 Å². The molecule has 1 aromatic carbocycles. The third-order valence-corrected chi connectivity index (χ3v) is 6.57. The zero-order valence-electron chi connectivity index (χ0n) is 17.4. The Morgan fingerprint density at radius 1 is 1.19 bits per heavy atom. The SMILES string of the molecule is CCn1cc(-c2cc(Oc3ccc4nc(N[C@@H]5CCCCC5O)sc4c3)ccn2)cn1. The molecule has 3 aromatic heterocycles. The molecular formula is C23H25N5O2S. The average molecular weight is 436 g/mol. The fraction of sp³-hybridized carbons (Fsp3) is 0.348. The lowest BCUT2D eigenvalue weighted by Gasteiger charge is -2.27. The van der Waals surface area contributed by atoms with Crippen LogP contribution in [0.5, 0.6) is 11.5 Å². The van der Waals surface area contributed by atoms with Gasteiger partial charge in [-0.2, -0.15) is 5.10 Å². The Kier molecular flexibility index (Phi) is 5.57. The second-order valence-corrected chi connectivity index (χ2v) is 8.85. The molecule has 4 aromatic rings. The number of aryl methyl sites for hydroxylation is 1. The molecule has 3 heterocycles. The van der Waals surface area contributed by atoms with Gasteiger partial charge >= 0.3 is 0 Å². The van der Waals surface area contributed by atoms with Crippen LogP contribution in [-0.2, 0) is 6.54 Å². The smallest absolute Gasteiger partial charge is 0.184 e. The number of thiazole rings is 1. The standard InChI is InChI=1S/C23H25N5O2S/c1-2-28-14-15(13-25-28)20-11-17(9-10-24-20)30-16-7-8-19-22(12-16)31-23(27-19)26-18-5-3-4-6-21(18)29/h7-14,18,21,29H,2-6H2,1H3,(H,26,27)/t18-,21?/m1/s1. The summed E-state index contributed by atoms with van der Waals surface area (Å²) in [6.45, 7) is 2.87. The minimum Gasteiger partial charge on any atom is -0.457 e. The molecule has 0 amide bonds. The van der Waals surface area contributed by atoms with Gasteiger partial charge in [0, 0.05) is 36.6 Å². The number of aromatic nitrogens is 4. The fourth-order valence-electron chi connectivity index (χ4n) is 3.91. The molecule has 2 N–H and O–H groups in total. The quantitative estimate of drug-likeness (QED) is 0.439. The molecule has 1 aliphatic carbocycles. The molecule has 2 atom stereocenters. The maximum absolute atomic E-state index is 10.2. The maximum atomic E-state index is 10.2. The van der Waals surface area contributed by atoms with Crippen LogP contribution >= 0.6 is 11.3 Å². The highest BCUT2D eigenvalue weighted by molar-refractivity contribution is 7.22. The molecule has 1 fully saturated rings. The third kappa shape index (κ3) is 4.40. The van der Waals surface area contributed by atoms with Gasteiger partial charge in [-0.05, 0) is 38.0 Å². The van der Waals surface area contributed by atoms with Gasteiger partial charge in [0.1, 0.15) is 11.5 Å². The molecule has 0 spiro atoms. The van der Waals surface area contributed by atoms with Gasteiger partial charge in [-0.15, -0.1) is 0 Å². The van der Waals surface area contributed by atoms with Gasteiger partial charge in [0.05, 0.1) is 34.3 Å². The van der Waals surface area contributed by atoms with E-state index < -0.39 is 0 Å². The lowest BCUT2D eigenvalue weighted by atomic mass is 9.93. The summed E-state index contributed by atoms with van der Waals surface area (Å²) in [7, 11) is 0. The highest BCUT2D eigenvalue weighted by Gasteiger charge is 2.23. The van der Waals surface area contributed by atoms with Crippen molar-refractivity contribution in [3.8, 4) is 22.8 Å². The molecule has 0 radical (unpaired) electrons. The summed E-state index contributed by atoms with van der Waals surface area (Å²) in [5, 5.41) is 18.8. The number of ether oxygens (including phenoxy) is 1. The van der Waals surface area contributed by atoms with Crippen LogP contribution in [-0.4, -0.2) is 37.0 Å². The van der Waals surface area contributed by atoms with Crippen molar-refractivity contribution in [2.75, 3.05) is 5.32 Å². The third-order valence-electron chi connectivity index (χ3n) is 5.62. The molecular weight excluding hydrogens is 410 g/mol. The van der Waals surface area contributed by atoms with Crippen molar-refractivity contribution in [3.05, 3.63) is 48.9 Å². The topological polar surface area (TPSA) is 85.1 Å². The predicted molar refractivity (Wildman–Crippen MR) is 123 cm³/mol. The lowest BCUT2D eigenvalue weighted by molar-refractivity contribution is 0.116. The summed E-state index contributed by atoms with van der Waals surface area (Å²) in [5.74, 6) is 1.48. The van der Waals surface area contributed by atoms with Crippen molar-refractivity contribution in [1.82, 2.24) is 19.7 Å². The van der Waals surface area contributed by atoms with E-state index in [9.17, 15) is 5.11 Å². The monoisotopic (exact) mass is 435 g/mol. The number of anilines is 1. The Morgan fingerprint density at radius 2 is 2.06 bits per heavy atom. The number of benzene rings is 1. The van der Waals surface area contributed by atoms with E-state index in [0.29, 0.717) is 0 Å². The minimum absolute atomic E-state index is 0.0809. The van der Waals surface area contributed by atoms with Crippen LogP contribution in [0.3, 0.4) is 0 Å². The molecule has 0 saturated heterocycles. The van der Waals surface area contributed by atoms with Crippen molar-refractivity contribution >= 4 is 26.7 Å². The number of aliphatic hydroxyl groups excluding tert-OH is 1. The molecule has 1 saturated carbocycles. The van der Waals surface area contributed by atoms with E-state index in [4.69, 9.17) is 4.74 Å². The Labute approximate surface area is 184 Å². The van der Waals surface area contributed by atoms with Crippen molar-refractivity contribution < 1.29 is 9.84 Å². The zero-order valence-corrected chi connectivity index (χ0v) is 18.2. The Balaban J connectivity index is 1.33. The van der Waals surface area contributed by atoms with Crippen molar-refractivity contribution in [2.24, 2.45) is 0 Å². The van der Waals surface area contributed by atoms with Crippen LogP contribution in [0.2, 0.25) is 0 Å². The molecule has 0 bridgehead atoms. The fourth-order valence-corrected chi connectivity index (χ4v) is 4.86. The van der Waals surface area contributed by atoms with E-state index >= 15 is 0 Å². The van der Waals surface area contributed by atoms with Gasteiger partial charge in [0.15, 0.2) is 5.13 Å². The summed E-state index contributed by atoms with van der Waals surface area (Å²) >= 11 is 1.59. The first-order valence-electron chi connectivity index (χ1n) is 10.7. The molecule has 1 unspecified atom stereocenters. The summed E-state index contributed by atoms with van der Waals surface area (Å²) < 4.78 is 9.03. The molecule has 31 heavy (non-hydrogen) atoms. The van der Waals surface area contributed by atoms with E-state index in [-0.39, 0.29) is 12.1 Å². The van der Waals surface area contributed by atoms with Gasteiger partial charge in [0.25, 0.3) is 0 Å². The maximum Gasteiger partial charge on any atom is 0.184 e. The first-order chi connectivity index (χ1) is 15.2. The Hall–Kier alpha value is -2.97. The summed E-state index contributed by atoms with van der Waals surface area (Å²) in [6, 6.07) is 9.75. The number of hydrogen-bond acceptors (Lipinski definition) is 7. The number of rotatable bonds is 6. The van der Waals surface area contributed by atoms with Gasteiger partial charge in [-0.25, -0.2) is 4.98 Å². The lowest BCUT2D eigenvalue weighted by Crippen LogP contribution is -2.36. The number of nitrogens with one attached hydrogen (secondary N) is 1. The van der Waals surface area contributed by atoms with E-state index in [1.54, 1.807) is 17.5 Å². The first kappa shape index (κ1) is 20.0.